The Bertz CT molecular complexity index is 818. The summed E-state index contributed by atoms with van der Waals surface area (Å²) in [6.45, 7) is 9.85. The van der Waals surface area contributed by atoms with Crippen molar-refractivity contribution in [1.82, 2.24) is 9.80 Å². The highest BCUT2D eigenvalue weighted by molar-refractivity contribution is 5.80. The number of esters is 1. The van der Waals surface area contributed by atoms with Crippen LogP contribution in [0, 0.1) is 6.92 Å². The fraction of sp³-hybridized carbons (Fsp3) is 0.538. The molecule has 1 aromatic carbocycles. The van der Waals surface area contributed by atoms with E-state index >= 15 is 0 Å². The molecule has 32 heavy (non-hydrogen) atoms. The van der Waals surface area contributed by atoms with Crippen molar-refractivity contribution in [3.8, 4) is 0 Å². The van der Waals surface area contributed by atoms with Crippen LogP contribution in [0.25, 0.3) is 0 Å². The summed E-state index contributed by atoms with van der Waals surface area (Å²) >= 11 is 0. The number of benzene rings is 1. The minimum absolute atomic E-state index is 0.0115. The summed E-state index contributed by atoms with van der Waals surface area (Å²) < 4.78 is 11.0. The van der Waals surface area contributed by atoms with Crippen LogP contribution in [0.4, 0.5) is 0 Å². The molecule has 0 aliphatic rings. The van der Waals surface area contributed by atoms with Crippen molar-refractivity contribution in [1.29, 1.82) is 0 Å². The molecule has 0 N–H and O–H groups in total. The van der Waals surface area contributed by atoms with Crippen molar-refractivity contribution in [2.24, 2.45) is 0 Å². The SMILES string of the molecule is CCCCCN(CC(=O)N(CCc1ccccc1)Cc1ccc(C)o1)C(C)C(=O)OCC. The van der Waals surface area contributed by atoms with Gasteiger partial charge in [-0.3, -0.25) is 14.5 Å². The monoisotopic (exact) mass is 442 g/mol. The number of amides is 1. The molecule has 1 unspecified atom stereocenters. The molecule has 0 spiro atoms. The Morgan fingerprint density at radius 1 is 1.03 bits per heavy atom. The smallest absolute Gasteiger partial charge is 0.323 e. The van der Waals surface area contributed by atoms with Crippen molar-refractivity contribution >= 4 is 11.9 Å². The third kappa shape index (κ3) is 8.50. The lowest BCUT2D eigenvalue weighted by Crippen LogP contribution is -2.47. The van der Waals surface area contributed by atoms with Crippen LogP contribution in [-0.4, -0.2) is 54.0 Å². The molecule has 6 heteroatoms. The van der Waals surface area contributed by atoms with E-state index in [0.717, 1.165) is 37.2 Å². The number of furan rings is 1. The molecule has 1 heterocycles. The highest BCUT2D eigenvalue weighted by Gasteiger charge is 2.26. The lowest BCUT2D eigenvalue weighted by Gasteiger charge is -2.30. The molecule has 2 rings (SSSR count). The van der Waals surface area contributed by atoms with Crippen LogP contribution >= 0.6 is 0 Å². The normalized spacial score (nSPS) is 12.0. The second kappa shape index (κ2) is 13.7. The highest BCUT2D eigenvalue weighted by atomic mass is 16.5. The zero-order chi connectivity index (χ0) is 23.3. The van der Waals surface area contributed by atoms with Crippen molar-refractivity contribution < 1.29 is 18.7 Å². The average Bonchev–Trinajstić information content (AvgIpc) is 3.20. The van der Waals surface area contributed by atoms with E-state index < -0.39 is 6.04 Å². The predicted molar refractivity (Wildman–Crippen MR) is 126 cm³/mol. The Morgan fingerprint density at radius 2 is 1.78 bits per heavy atom. The number of nitrogens with zero attached hydrogens (tertiary/aromatic N) is 2. The number of hydrogen-bond donors (Lipinski definition) is 0. The summed E-state index contributed by atoms with van der Waals surface area (Å²) in [5.74, 6) is 1.30. The van der Waals surface area contributed by atoms with E-state index in [1.54, 1.807) is 6.92 Å². The topological polar surface area (TPSA) is 63.0 Å². The molecule has 2 aromatic rings. The summed E-state index contributed by atoms with van der Waals surface area (Å²) in [6.07, 6.45) is 3.84. The summed E-state index contributed by atoms with van der Waals surface area (Å²) in [5, 5.41) is 0. The van der Waals surface area contributed by atoms with Gasteiger partial charge in [-0.25, -0.2) is 0 Å². The maximum Gasteiger partial charge on any atom is 0.323 e. The number of unbranched alkanes of at least 4 members (excludes halogenated alkanes) is 2. The molecule has 0 fully saturated rings. The molecular formula is C26H38N2O4. The molecule has 0 aliphatic heterocycles. The maximum absolute atomic E-state index is 13.4. The average molecular weight is 443 g/mol. The lowest BCUT2D eigenvalue weighted by molar-refractivity contribution is -0.150. The first kappa shape index (κ1) is 25.7. The van der Waals surface area contributed by atoms with Crippen LogP contribution in [-0.2, 0) is 27.3 Å². The van der Waals surface area contributed by atoms with Gasteiger partial charge in [-0.05, 0) is 57.9 Å². The first-order valence-corrected chi connectivity index (χ1v) is 11.7. The van der Waals surface area contributed by atoms with E-state index in [-0.39, 0.29) is 18.4 Å². The van der Waals surface area contributed by atoms with E-state index in [1.165, 1.54) is 5.56 Å². The molecule has 0 aliphatic carbocycles. The van der Waals surface area contributed by atoms with Crippen molar-refractivity contribution in [2.45, 2.75) is 66.0 Å². The zero-order valence-corrected chi connectivity index (χ0v) is 20.0. The first-order valence-electron chi connectivity index (χ1n) is 11.7. The second-order valence-electron chi connectivity index (χ2n) is 8.17. The Balaban J connectivity index is 2.12. The number of rotatable bonds is 14. The van der Waals surface area contributed by atoms with Gasteiger partial charge in [-0.15, -0.1) is 0 Å². The number of hydrogen-bond acceptors (Lipinski definition) is 5. The number of aryl methyl sites for hydroxylation is 1. The molecule has 1 atom stereocenters. The van der Waals surface area contributed by atoms with Gasteiger partial charge < -0.3 is 14.1 Å². The Labute approximate surface area is 192 Å². The van der Waals surface area contributed by atoms with Gasteiger partial charge >= 0.3 is 5.97 Å². The summed E-state index contributed by atoms with van der Waals surface area (Å²) in [4.78, 5) is 29.5. The molecule has 1 aromatic heterocycles. The molecule has 0 radical (unpaired) electrons. The minimum Gasteiger partial charge on any atom is -0.465 e. The van der Waals surface area contributed by atoms with E-state index in [9.17, 15) is 9.59 Å². The summed E-state index contributed by atoms with van der Waals surface area (Å²) in [5.41, 5.74) is 1.18. The third-order valence-electron chi connectivity index (χ3n) is 5.57. The number of carbonyl (C=O) groups is 2. The quantitative estimate of drug-likeness (QED) is 0.316. The molecular weight excluding hydrogens is 404 g/mol. The van der Waals surface area contributed by atoms with E-state index in [1.807, 2.05) is 54.0 Å². The summed E-state index contributed by atoms with van der Waals surface area (Å²) in [6, 6.07) is 13.5. The van der Waals surface area contributed by atoms with Crippen LogP contribution in [0.1, 0.15) is 57.1 Å². The molecule has 176 valence electrons. The fourth-order valence-corrected chi connectivity index (χ4v) is 3.62. The third-order valence-corrected chi connectivity index (χ3v) is 5.57. The van der Waals surface area contributed by atoms with Crippen LogP contribution in [0.5, 0.6) is 0 Å². The maximum atomic E-state index is 13.4. The van der Waals surface area contributed by atoms with Gasteiger partial charge in [-0.1, -0.05) is 50.1 Å². The van der Waals surface area contributed by atoms with Gasteiger partial charge in [0.2, 0.25) is 5.91 Å². The van der Waals surface area contributed by atoms with Gasteiger partial charge in [0, 0.05) is 6.54 Å². The van der Waals surface area contributed by atoms with Crippen LogP contribution < -0.4 is 0 Å². The minimum atomic E-state index is -0.461. The Kier molecular flexibility index (Phi) is 11.0. The van der Waals surface area contributed by atoms with Crippen LogP contribution in [0.3, 0.4) is 0 Å². The highest BCUT2D eigenvalue weighted by Crippen LogP contribution is 2.13. The van der Waals surface area contributed by atoms with Crippen LogP contribution in [0.15, 0.2) is 46.9 Å². The van der Waals surface area contributed by atoms with Gasteiger partial charge in [0.05, 0.1) is 19.7 Å². The van der Waals surface area contributed by atoms with E-state index in [0.29, 0.717) is 26.2 Å². The van der Waals surface area contributed by atoms with Gasteiger partial charge in [0.25, 0.3) is 0 Å². The first-order chi connectivity index (χ1) is 15.4. The molecule has 0 saturated carbocycles. The largest absolute Gasteiger partial charge is 0.465 e. The number of carbonyl (C=O) groups excluding carboxylic acids is 2. The Hall–Kier alpha value is -2.60. The standard InChI is InChI=1S/C26H38N2O4/c1-5-7-11-17-27(22(4)26(30)31-6-2)20-25(29)28(19-24-15-14-21(3)32-24)18-16-23-12-9-8-10-13-23/h8-10,12-15,22H,5-7,11,16-20H2,1-4H3. The molecule has 0 bridgehead atoms. The van der Waals surface area contributed by atoms with E-state index in [2.05, 4.69) is 19.1 Å². The second-order valence-corrected chi connectivity index (χ2v) is 8.17. The number of ether oxygens (including phenoxy) is 1. The van der Waals surface area contributed by atoms with Gasteiger partial charge in [-0.2, -0.15) is 0 Å². The Morgan fingerprint density at radius 3 is 2.41 bits per heavy atom. The van der Waals surface area contributed by atoms with Crippen molar-refractivity contribution in [3.63, 3.8) is 0 Å². The lowest BCUT2D eigenvalue weighted by atomic mass is 10.1. The van der Waals surface area contributed by atoms with Gasteiger partial charge in [0.15, 0.2) is 0 Å². The van der Waals surface area contributed by atoms with Crippen LogP contribution in [0.2, 0.25) is 0 Å². The zero-order valence-electron chi connectivity index (χ0n) is 20.0. The predicted octanol–water partition coefficient (Wildman–Crippen LogP) is 4.60. The summed E-state index contributed by atoms with van der Waals surface area (Å²) in [7, 11) is 0. The molecule has 1 amide bonds. The van der Waals surface area contributed by atoms with Crippen molar-refractivity contribution in [2.75, 3.05) is 26.2 Å². The molecule has 0 saturated heterocycles. The fourth-order valence-electron chi connectivity index (χ4n) is 3.62. The molecule has 6 nitrogen and oxygen atoms in total. The van der Waals surface area contributed by atoms with E-state index in [4.69, 9.17) is 9.15 Å². The van der Waals surface area contributed by atoms with Crippen molar-refractivity contribution in [3.05, 3.63) is 59.5 Å². The van der Waals surface area contributed by atoms with Gasteiger partial charge in [0.1, 0.15) is 17.6 Å².